The summed E-state index contributed by atoms with van der Waals surface area (Å²) in [4.78, 5) is 106. The molecule has 7 amide bonds. The Balaban J connectivity index is 2.50. The number of amides is 7. The number of carbonyl (C=O) groups excluding carboxylic acids is 6. The SMILES string of the molecule is CNC(=O)NC(N)=NCCC[C@H]1NC(=O)[C@H](C)NC(=O)C[C@@H](C(=O)O)NC(=O)C[C@H](C(=O)O)NC(=O)[C@@H](Cc2ccccc2)N(C)C1=O. The van der Waals surface area contributed by atoms with E-state index >= 15 is 0 Å². The smallest absolute Gasteiger partial charge is 0.326 e. The lowest BCUT2D eigenvalue weighted by molar-refractivity contribution is -0.147. The maximum atomic E-state index is 13.9. The number of nitrogens with two attached hydrogens (primary N) is 1. The van der Waals surface area contributed by atoms with E-state index in [9.17, 15) is 48.6 Å². The van der Waals surface area contributed by atoms with E-state index in [-0.39, 0.29) is 31.8 Å². The molecule has 19 heteroatoms. The van der Waals surface area contributed by atoms with Crippen LogP contribution in [0.15, 0.2) is 35.3 Å². The first kappa shape index (κ1) is 38.4. The molecule has 0 saturated carbocycles. The van der Waals surface area contributed by atoms with Crippen LogP contribution in [0.25, 0.3) is 0 Å². The number of aliphatic imine (C=N–C) groups is 1. The van der Waals surface area contributed by atoms with E-state index in [4.69, 9.17) is 5.73 Å². The molecule has 0 aromatic heterocycles. The Kier molecular flexibility index (Phi) is 14.7. The Labute approximate surface area is 275 Å². The van der Waals surface area contributed by atoms with E-state index in [0.29, 0.717) is 5.56 Å². The summed E-state index contributed by atoms with van der Waals surface area (Å²) in [7, 11) is 2.67. The first-order valence-electron chi connectivity index (χ1n) is 14.9. The number of nitrogens with zero attached hydrogens (tertiary/aromatic N) is 2. The van der Waals surface area contributed by atoms with Gasteiger partial charge in [0.2, 0.25) is 29.5 Å². The van der Waals surface area contributed by atoms with Crippen molar-refractivity contribution in [3.63, 3.8) is 0 Å². The fraction of sp³-hybridized carbons (Fsp3) is 0.483. The summed E-state index contributed by atoms with van der Waals surface area (Å²) in [6.45, 7) is 1.30. The molecule has 10 N–H and O–H groups in total. The molecule has 0 radical (unpaired) electrons. The minimum Gasteiger partial charge on any atom is -0.480 e. The number of benzene rings is 1. The van der Waals surface area contributed by atoms with Gasteiger partial charge in [0.05, 0.1) is 12.8 Å². The summed E-state index contributed by atoms with van der Waals surface area (Å²) >= 11 is 0. The van der Waals surface area contributed by atoms with Gasteiger partial charge in [-0.05, 0) is 25.3 Å². The molecule has 5 atom stereocenters. The van der Waals surface area contributed by atoms with Gasteiger partial charge in [0, 0.05) is 27.1 Å². The largest absolute Gasteiger partial charge is 0.480 e. The number of likely N-dealkylation sites (N-methyl/N-ethyl adjacent to an activating group) is 1. The van der Waals surface area contributed by atoms with Crippen molar-refractivity contribution in [2.45, 2.75) is 69.2 Å². The standard InChI is InChI=1S/C29H41N9O10/c1-15-23(41)35-17(10-7-11-32-28(30)37-29(48)31-2)25(43)38(3)20(12-16-8-5-4-6-9-16)24(42)36-19(27(46)47)14-22(40)34-18(26(44)45)13-21(39)33-15/h4-6,8-9,15,17-20H,7,10-14H2,1-3H3,(H,33,39)(H,34,40)(H,35,41)(H,36,42)(H,44,45)(H,46,47)(H4,30,31,32,37,48)/t15-,17+,18-,19+,20+/m0/s1. The summed E-state index contributed by atoms with van der Waals surface area (Å²) < 4.78 is 0. The highest BCUT2D eigenvalue weighted by Gasteiger charge is 2.36. The zero-order valence-corrected chi connectivity index (χ0v) is 26.6. The predicted octanol–water partition coefficient (Wildman–Crippen LogP) is -3.00. The van der Waals surface area contributed by atoms with Crippen LogP contribution in [0.2, 0.25) is 0 Å². The van der Waals surface area contributed by atoms with E-state index in [1.165, 1.54) is 21.0 Å². The van der Waals surface area contributed by atoms with Crippen molar-refractivity contribution >= 4 is 53.5 Å². The van der Waals surface area contributed by atoms with Crippen LogP contribution in [-0.2, 0) is 40.0 Å². The van der Waals surface area contributed by atoms with Crippen LogP contribution >= 0.6 is 0 Å². The molecule has 0 aliphatic carbocycles. The van der Waals surface area contributed by atoms with E-state index in [2.05, 4.69) is 36.9 Å². The van der Waals surface area contributed by atoms with Gasteiger partial charge in [-0.15, -0.1) is 0 Å². The summed E-state index contributed by atoms with van der Waals surface area (Å²) in [5.41, 5.74) is 6.27. The van der Waals surface area contributed by atoms with Crippen LogP contribution in [0.4, 0.5) is 4.79 Å². The average Bonchev–Trinajstić information content (AvgIpc) is 3.03. The van der Waals surface area contributed by atoms with Crippen molar-refractivity contribution in [1.29, 1.82) is 0 Å². The second-order valence-electron chi connectivity index (χ2n) is 10.9. The molecule has 1 fully saturated rings. The summed E-state index contributed by atoms with van der Waals surface area (Å²) in [5.74, 6) is -7.96. The maximum Gasteiger partial charge on any atom is 0.326 e. The highest BCUT2D eigenvalue weighted by molar-refractivity contribution is 5.97. The molecule has 1 heterocycles. The highest BCUT2D eigenvalue weighted by atomic mass is 16.4. The Morgan fingerprint density at radius 1 is 0.917 bits per heavy atom. The molecule has 48 heavy (non-hydrogen) atoms. The molecule has 0 bridgehead atoms. The second-order valence-corrected chi connectivity index (χ2v) is 10.9. The fourth-order valence-electron chi connectivity index (χ4n) is 4.57. The number of carbonyl (C=O) groups is 8. The lowest BCUT2D eigenvalue weighted by Gasteiger charge is -2.32. The third-order valence-corrected chi connectivity index (χ3v) is 7.20. The first-order valence-corrected chi connectivity index (χ1v) is 14.9. The normalized spacial score (nSPS) is 23.5. The molecule has 0 spiro atoms. The monoisotopic (exact) mass is 675 g/mol. The van der Waals surface area contributed by atoms with Crippen LogP contribution in [0.5, 0.6) is 0 Å². The number of hydrogen-bond acceptors (Lipinski definition) is 9. The van der Waals surface area contributed by atoms with Gasteiger partial charge in [-0.3, -0.25) is 34.3 Å². The number of aliphatic carboxylic acids is 2. The van der Waals surface area contributed by atoms with Crippen molar-refractivity contribution in [2.75, 3.05) is 20.6 Å². The van der Waals surface area contributed by atoms with Crippen LogP contribution in [0.1, 0.15) is 38.2 Å². The average molecular weight is 676 g/mol. The molecule has 1 aromatic carbocycles. The molecule has 1 aromatic rings. The van der Waals surface area contributed by atoms with Crippen LogP contribution < -0.4 is 37.6 Å². The van der Waals surface area contributed by atoms with Gasteiger partial charge in [0.15, 0.2) is 5.96 Å². The minimum absolute atomic E-state index is 0.0112. The number of hydrogen-bond donors (Lipinski definition) is 9. The third-order valence-electron chi connectivity index (χ3n) is 7.20. The number of urea groups is 1. The van der Waals surface area contributed by atoms with E-state index in [1.807, 2.05) is 0 Å². The van der Waals surface area contributed by atoms with Crippen molar-refractivity contribution in [3.8, 4) is 0 Å². The molecule has 0 unspecified atom stereocenters. The molecular weight excluding hydrogens is 634 g/mol. The predicted molar refractivity (Wildman–Crippen MR) is 168 cm³/mol. The van der Waals surface area contributed by atoms with E-state index < -0.39 is 90.6 Å². The van der Waals surface area contributed by atoms with Crippen molar-refractivity contribution < 1.29 is 48.6 Å². The van der Waals surface area contributed by atoms with Crippen LogP contribution in [0.3, 0.4) is 0 Å². The lowest BCUT2D eigenvalue weighted by atomic mass is 10.0. The first-order chi connectivity index (χ1) is 22.6. The molecule has 19 nitrogen and oxygen atoms in total. The van der Waals surface area contributed by atoms with Crippen LogP contribution in [-0.4, -0.2) is 119 Å². The second kappa shape index (κ2) is 18.4. The number of carboxylic acid groups (broad SMARTS) is 2. The molecule has 1 aliphatic rings. The van der Waals surface area contributed by atoms with E-state index in [0.717, 1.165) is 4.90 Å². The van der Waals surface area contributed by atoms with Crippen molar-refractivity contribution in [2.24, 2.45) is 10.7 Å². The van der Waals surface area contributed by atoms with Crippen LogP contribution in [0, 0.1) is 0 Å². The van der Waals surface area contributed by atoms with E-state index in [1.54, 1.807) is 30.3 Å². The Morgan fingerprint density at radius 3 is 2.08 bits per heavy atom. The van der Waals surface area contributed by atoms with Gasteiger partial charge in [0.1, 0.15) is 30.2 Å². The summed E-state index contributed by atoms with van der Waals surface area (Å²) in [6, 6.07) is 0.354. The maximum absolute atomic E-state index is 13.9. The summed E-state index contributed by atoms with van der Waals surface area (Å²) in [6.07, 6.45) is -1.70. The summed E-state index contributed by atoms with van der Waals surface area (Å²) in [5, 5.41) is 33.1. The topological polar surface area (TPSA) is 291 Å². The van der Waals surface area contributed by atoms with Gasteiger partial charge in [-0.2, -0.15) is 0 Å². The molecule has 1 aliphatic heterocycles. The Morgan fingerprint density at radius 2 is 1.50 bits per heavy atom. The molecular formula is C29H41N9O10. The zero-order chi connectivity index (χ0) is 36.0. The fourth-order valence-corrected chi connectivity index (χ4v) is 4.57. The molecule has 1 saturated heterocycles. The van der Waals surface area contributed by atoms with Gasteiger partial charge in [0.25, 0.3) is 0 Å². The molecule has 262 valence electrons. The number of nitrogens with one attached hydrogen (secondary N) is 6. The number of guanidine groups is 1. The third kappa shape index (κ3) is 12.2. The lowest BCUT2D eigenvalue weighted by Crippen LogP contribution is -2.58. The Hall–Kier alpha value is -5.75. The number of carboxylic acids is 2. The van der Waals surface area contributed by atoms with Gasteiger partial charge in [-0.1, -0.05) is 30.3 Å². The minimum atomic E-state index is -1.83. The van der Waals surface area contributed by atoms with Gasteiger partial charge < -0.3 is 47.4 Å². The van der Waals surface area contributed by atoms with Gasteiger partial charge >= 0.3 is 18.0 Å². The molecule has 2 rings (SSSR count). The number of rotatable bonds is 8. The Bertz CT molecular complexity index is 1400. The quantitative estimate of drug-likeness (QED) is 0.0760. The van der Waals surface area contributed by atoms with Crippen molar-refractivity contribution in [1.82, 2.24) is 36.8 Å². The zero-order valence-electron chi connectivity index (χ0n) is 26.6. The van der Waals surface area contributed by atoms with Gasteiger partial charge in [-0.25, -0.2) is 14.4 Å². The van der Waals surface area contributed by atoms with Crippen molar-refractivity contribution in [3.05, 3.63) is 35.9 Å². The highest BCUT2D eigenvalue weighted by Crippen LogP contribution is 2.13.